The Morgan fingerprint density at radius 3 is 2.55 bits per heavy atom. The van der Waals surface area contributed by atoms with E-state index in [0.29, 0.717) is 18.4 Å². The number of nitrogens with two attached hydrogens (primary N) is 1. The molecule has 0 aliphatic heterocycles. The molecule has 0 saturated heterocycles. The van der Waals surface area contributed by atoms with Gasteiger partial charge < -0.3 is 15.8 Å². The number of hydrogen-bond acceptors (Lipinski definition) is 5. The predicted octanol–water partition coefficient (Wildman–Crippen LogP) is 2.08. The van der Waals surface area contributed by atoms with Crippen molar-refractivity contribution in [2.45, 2.75) is 19.4 Å². The van der Waals surface area contributed by atoms with Crippen molar-refractivity contribution in [3.05, 3.63) is 47.7 Å². The highest BCUT2D eigenvalue weighted by molar-refractivity contribution is 5.39. The van der Waals surface area contributed by atoms with Crippen LogP contribution in [0.25, 0.3) is 0 Å². The molecule has 0 aliphatic rings. The lowest BCUT2D eigenvalue weighted by molar-refractivity contribution is 0.396. The van der Waals surface area contributed by atoms with Crippen LogP contribution in [-0.2, 0) is 5.54 Å². The summed E-state index contributed by atoms with van der Waals surface area (Å²) in [6.45, 7) is 4.36. The number of benzene rings is 1. The van der Waals surface area contributed by atoms with Crippen molar-refractivity contribution in [2.24, 2.45) is 5.73 Å². The average Bonchev–Trinajstić information content (AvgIpc) is 2.47. The second-order valence-electron chi connectivity index (χ2n) is 4.90. The van der Waals surface area contributed by atoms with Crippen LogP contribution in [0.2, 0.25) is 0 Å². The lowest BCUT2D eigenvalue weighted by atomic mass is 9.92. The number of rotatable bonds is 5. The van der Waals surface area contributed by atoms with Crippen LogP contribution in [0.5, 0.6) is 5.88 Å². The third-order valence-electron chi connectivity index (χ3n) is 3.25. The molecule has 106 valence electrons. The van der Waals surface area contributed by atoms with Gasteiger partial charge in [-0.05, 0) is 19.4 Å². The molecule has 1 heterocycles. The lowest BCUT2D eigenvalue weighted by Gasteiger charge is -2.30. The van der Waals surface area contributed by atoms with Crippen molar-refractivity contribution in [1.82, 2.24) is 9.97 Å². The second kappa shape index (κ2) is 5.88. The van der Waals surface area contributed by atoms with Crippen LogP contribution in [0.3, 0.4) is 0 Å². The molecule has 20 heavy (non-hydrogen) atoms. The van der Waals surface area contributed by atoms with Crippen LogP contribution in [0.15, 0.2) is 36.4 Å². The van der Waals surface area contributed by atoms with Crippen LogP contribution in [0.4, 0.5) is 5.95 Å². The summed E-state index contributed by atoms with van der Waals surface area (Å²) in [4.78, 5) is 8.69. The Balaban J connectivity index is 2.33. The summed E-state index contributed by atoms with van der Waals surface area (Å²) < 4.78 is 5.17. The number of anilines is 1. The molecule has 5 nitrogen and oxygen atoms in total. The van der Waals surface area contributed by atoms with Gasteiger partial charge in [-0.2, -0.15) is 4.98 Å². The fraction of sp³-hybridized carbons (Fsp3) is 0.333. The molecule has 2 aromatic rings. The van der Waals surface area contributed by atoms with E-state index in [1.54, 1.807) is 13.2 Å². The number of nitrogens with one attached hydrogen (secondary N) is 1. The Labute approximate surface area is 119 Å². The molecular formula is C15H20N4O. The van der Waals surface area contributed by atoms with Crippen LogP contribution in [-0.4, -0.2) is 23.6 Å². The predicted molar refractivity (Wildman–Crippen MR) is 79.8 cm³/mol. The van der Waals surface area contributed by atoms with Crippen molar-refractivity contribution >= 4 is 5.95 Å². The highest BCUT2D eigenvalue weighted by atomic mass is 16.5. The molecule has 0 aliphatic carbocycles. The summed E-state index contributed by atoms with van der Waals surface area (Å²) >= 11 is 0. The van der Waals surface area contributed by atoms with Gasteiger partial charge in [0.2, 0.25) is 11.8 Å². The van der Waals surface area contributed by atoms with Crippen LogP contribution >= 0.6 is 0 Å². The minimum Gasteiger partial charge on any atom is -0.481 e. The fourth-order valence-electron chi connectivity index (χ4n) is 1.99. The highest BCUT2D eigenvalue weighted by Crippen LogP contribution is 2.24. The van der Waals surface area contributed by atoms with E-state index in [-0.39, 0.29) is 0 Å². The van der Waals surface area contributed by atoms with Crippen molar-refractivity contribution in [3.63, 3.8) is 0 Å². The van der Waals surface area contributed by atoms with Crippen molar-refractivity contribution < 1.29 is 4.74 Å². The van der Waals surface area contributed by atoms with E-state index in [1.807, 2.05) is 44.2 Å². The summed E-state index contributed by atoms with van der Waals surface area (Å²) in [6.07, 6.45) is 0. The van der Waals surface area contributed by atoms with E-state index >= 15 is 0 Å². The minimum atomic E-state index is -0.430. The Morgan fingerprint density at radius 1 is 1.25 bits per heavy atom. The van der Waals surface area contributed by atoms with E-state index in [1.165, 1.54) is 0 Å². The summed E-state index contributed by atoms with van der Waals surface area (Å²) in [6, 6.07) is 11.8. The number of aromatic nitrogens is 2. The van der Waals surface area contributed by atoms with Crippen molar-refractivity contribution in [1.29, 1.82) is 0 Å². The van der Waals surface area contributed by atoms with E-state index in [0.717, 1.165) is 11.3 Å². The smallest absolute Gasteiger partial charge is 0.226 e. The van der Waals surface area contributed by atoms with Gasteiger partial charge in [0.25, 0.3) is 0 Å². The molecule has 1 aromatic carbocycles. The van der Waals surface area contributed by atoms with Gasteiger partial charge in [-0.25, -0.2) is 4.98 Å². The van der Waals surface area contributed by atoms with Gasteiger partial charge in [0.1, 0.15) is 0 Å². The van der Waals surface area contributed by atoms with Crippen LogP contribution < -0.4 is 15.8 Å². The maximum absolute atomic E-state index is 5.95. The zero-order chi connectivity index (χ0) is 14.6. The molecule has 0 amide bonds. The Hall–Kier alpha value is -2.14. The Kier molecular flexibility index (Phi) is 4.20. The van der Waals surface area contributed by atoms with Crippen LogP contribution in [0.1, 0.15) is 18.2 Å². The molecule has 0 saturated carbocycles. The number of nitrogens with zero attached hydrogens (tertiary/aromatic N) is 2. The van der Waals surface area contributed by atoms with Gasteiger partial charge in [0.15, 0.2) is 0 Å². The SMILES string of the molecule is COc1cc(C)nc(NC(C)(CN)c2ccccc2)n1. The number of aryl methyl sites for hydroxylation is 1. The molecule has 1 atom stereocenters. The second-order valence-corrected chi connectivity index (χ2v) is 4.90. The summed E-state index contributed by atoms with van der Waals surface area (Å²) in [5.74, 6) is 1.05. The normalized spacial score (nSPS) is 13.6. The first-order chi connectivity index (χ1) is 9.57. The van der Waals surface area contributed by atoms with E-state index < -0.39 is 5.54 Å². The molecule has 0 bridgehead atoms. The third-order valence-corrected chi connectivity index (χ3v) is 3.25. The molecule has 0 radical (unpaired) electrons. The third kappa shape index (κ3) is 3.05. The van der Waals surface area contributed by atoms with Gasteiger partial charge in [0, 0.05) is 18.3 Å². The molecule has 1 unspecified atom stereocenters. The topological polar surface area (TPSA) is 73.1 Å². The van der Waals surface area contributed by atoms with Gasteiger partial charge in [-0.15, -0.1) is 0 Å². The fourth-order valence-corrected chi connectivity index (χ4v) is 1.99. The summed E-state index contributed by atoms with van der Waals surface area (Å²) in [7, 11) is 1.59. The zero-order valence-corrected chi connectivity index (χ0v) is 12.1. The number of ether oxygens (including phenoxy) is 1. The first kappa shape index (κ1) is 14.3. The Bertz CT molecular complexity index is 573. The summed E-state index contributed by atoms with van der Waals surface area (Å²) in [5.41, 5.74) is 7.44. The van der Waals surface area contributed by atoms with Gasteiger partial charge in [-0.3, -0.25) is 0 Å². The van der Waals surface area contributed by atoms with Gasteiger partial charge in [0.05, 0.1) is 12.6 Å². The largest absolute Gasteiger partial charge is 0.481 e. The maximum atomic E-state index is 5.95. The number of hydrogen-bond donors (Lipinski definition) is 2. The van der Waals surface area contributed by atoms with E-state index in [2.05, 4.69) is 15.3 Å². The standard InChI is InChI=1S/C15H20N4O/c1-11-9-13(20-3)18-14(17-11)19-15(2,10-16)12-7-5-4-6-8-12/h4-9H,10,16H2,1-3H3,(H,17,18,19). The Morgan fingerprint density at radius 2 is 1.95 bits per heavy atom. The molecule has 5 heteroatoms. The molecule has 3 N–H and O–H groups in total. The van der Waals surface area contributed by atoms with Crippen molar-refractivity contribution in [3.8, 4) is 5.88 Å². The van der Waals surface area contributed by atoms with Crippen LogP contribution in [0, 0.1) is 6.92 Å². The van der Waals surface area contributed by atoms with Gasteiger partial charge in [-0.1, -0.05) is 30.3 Å². The zero-order valence-electron chi connectivity index (χ0n) is 12.1. The van der Waals surface area contributed by atoms with Crippen molar-refractivity contribution in [2.75, 3.05) is 19.0 Å². The quantitative estimate of drug-likeness (QED) is 0.871. The lowest BCUT2D eigenvalue weighted by Crippen LogP contribution is -2.40. The first-order valence-corrected chi connectivity index (χ1v) is 6.51. The molecule has 2 rings (SSSR count). The summed E-state index contributed by atoms with van der Waals surface area (Å²) in [5, 5.41) is 3.31. The molecule has 1 aromatic heterocycles. The minimum absolute atomic E-state index is 0.427. The number of methoxy groups -OCH3 is 1. The molecular weight excluding hydrogens is 252 g/mol. The van der Waals surface area contributed by atoms with E-state index in [9.17, 15) is 0 Å². The molecule has 0 fully saturated rings. The monoisotopic (exact) mass is 272 g/mol. The highest BCUT2D eigenvalue weighted by Gasteiger charge is 2.25. The average molecular weight is 272 g/mol. The first-order valence-electron chi connectivity index (χ1n) is 6.51. The maximum Gasteiger partial charge on any atom is 0.226 e. The van der Waals surface area contributed by atoms with E-state index in [4.69, 9.17) is 10.5 Å². The molecule has 0 spiro atoms. The van der Waals surface area contributed by atoms with Gasteiger partial charge >= 0.3 is 0 Å².